The number of fused-ring (bicyclic) bond motifs is 1. The average molecular weight is 296 g/mol. The summed E-state index contributed by atoms with van der Waals surface area (Å²) in [6.45, 7) is 0. The van der Waals surface area contributed by atoms with Crippen molar-refractivity contribution in [1.82, 2.24) is 14.5 Å². The number of methoxy groups -OCH3 is 2. The summed E-state index contributed by atoms with van der Waals surface area (Å²) < 4.78 is 13.0. The smallest absolute Gasteiger partial charge is 0.215 e. The first-order chi connectivity index (χ1) is 9.78. The molecule has 2 atom stereocenters. The number of aromatic nitrogens is 3. The lowest BCUT2D eigenvalue weighted by molar-refractivity contribution is 0.0753. The number of imidazole rings is 1. The Labute approximate surface area is 122 Å². The molecule has 0 saturated heterocycles. The number of rotatable bonds is 4. The first-order valence-electron chi connectivity index (χ1n) is 6.79. The molecule has 108 valence electrons. The van der Waals surface area contributed by atoms with E-state index in [0.717, 1.165) is 36.3 Å². The van der Waals surface area contributed by atoms with E-state index >= 15 is 0 Å². The third-order valence-electron chi connectivity index (χ3n) is 3.97. The molecule has 2 aromatic heterocycles. The number of hydrogen-bond donors (Lipinski definition) is 0. The van der Waals surface area contributed by atoms with Gasteiger partial charge < -0.3 is 14.0 Å². The van der Waals surface area contributed by atoms with E-state index in [0.29, 0.717) is 11.8 Å². The third kappa shape index (κ3) is 2.15. The number of pyridine rings is 1. The van der Waals surface area contributed by atoms with Crippen molar-refractivity contribution in [3.8, 4) is 5.88 Å². The van der Waals surface area contributed by atoms with E-state index in [1.165, 1.54) is 0 Å². The molecule has 1 fully saturated rings. The molecule has 0 bridgehead atoms. The number of ether oxygens (including phenoxy) is 2. The summed E-state index contributed by atoms with van der Waals surface area (Å²) >= 11 is 6.06. The Kier molecular flexibility index (Phi) is 3.81. The minimum absolute atomic E-state index is 0.197. The summed E-state index contributed by atoms with van der Waals surface area (Å²) in [5.74, 6) is 1.80. The van der Waals surface area contributed by atoms with Gasteiger partial charge in [0, 0.05) is 13.2 Å². The van der Waals surface area contributed by atoms with Crippen LogP contribution in [0.25, 0.3) is 11.2 Å². The molecular formula is C14H18ClN3O2. The maximum atomic E-state index is 6.06. The molecule has 1 saturated carbocycles. The second-order valence-electron chi connectivity index (χ2n) is 5.00. The highest BCUT2D eigenvalue weighted by molar-refractivity contribution is 6.16. The van der Waals surface area contributed by atoms with Crippen molar-refractivity contribution in [3.63, 3.8) is 0 Å². The molecule has 1 aliphatic carbocycles. The fourth-order valence-electron chi connectivity index (χ4n) is 3.04. The Bertz CT molecular complexity index is 614. The van der Waals surface area contributed by atoms with Crippen LogP contribution in [0.1, 0.15) is 31.1 Å². The van der Waals surface area contributed by atoms with E-state index < -0.39 is 0 Å². The highest BCUT2D eigenvalue weighted by Crippen LogP contribution is 2.36. The van der Waals surface area contributed by atoms with Gasteiger partial charge in [-0.05, 0) is 25.3 Å². The van der Waals surface area contributed by atoms with Gasteiger partial charge in [-0.2, -0.15) is 4.98 Å². The molecule has 0 spiro atoms. The molecule has 0 amide bonds. The highest BCUT2D eigenvalue weighted by Gasteiger charge is 2.32. The van der Waals surface area contributed by atoms with Crippen LogP contribution in [0.2, 0.25) is 0 Å². The fourth-order valence-corrected chi connectivity index (χ4v) is 3.23. The van der Waals surface area contributed by atoms with E-state index in [2.05, 4.69) is 14.5 Å². The maximum absolute atomic E-state index is 6.06. The molecule has 6 heteroatoms. The number of halogens is 1. The van der Waals surface area contributed by atoms with Crippen LogP contribution in [0.4, 0.5) is 0 Å². The quantitative estimate of drug-likeness (QED) is 0.814. The number of alkyl halides is 1. The summed E-state index contributed by atoms with van der Waals surface area (Å²) in [6.07, 6.45) is 3.47. The molecule has 20 heavy (non-hydrogen) atoms. The molecule has 0 radical (unpaired) electrons. The van der Waals surface area contributed by atoms with Crippen molar-refractivity contribution in [2.45, 2.75) is 37.3 Å². The molecule has 0 N–H and O–H groups in total. The Hall–Kier alpha value is -1.33. The molecule has 1 aliphatic rings. The fraction of sp³-hybridized carbons (Fsp3) is 0.571. The van der Waals surface area contributed by atoms with Gasteiger partial charge in [0.15, 0.2) is 5.65 Å². The van der Waals surface area contributed by atoms with Crippen LogP contribution in [0.5, 0.6) is 5.88 Å². The second-order valence-corrected chi connectivity index (χ2v) is 5.27. The van der Waals surface area contributed by atoms with Gasteiger partial charge in [0.1, 0.15) is 11.3 Å². The highest BCUT2D eigenvalue weighted by atomic mass is 35.5. The third-order valence-corrected chi connectivity index (χ3v) is 4.20. The Morgan fingerprint density at radius 3 is 2.85 bits per heavy atom. The van der Waals surface area contributed by atoms with Gasteiger partial charge >= 0.3 is 0 Å². The standard InChI is InChI=1S/C14H18ClN3O2/c1-19-11-5-3-4-10(11)18-12(8-15)16-9-6-7-13(20-2)17-14(9)18/h6-7,10-11H,3-5,8H2,1-2H3. The van der Waals surface area contributed by atoms with Crippen molar-refractivity contribution in [1.29, 1.82) is 0 Å². The minimum Gasteiger partial charge on any atom is -0.481 e. The minimum atomic E-state index is 0.197. The van der Waals surface area contributed by atoms with Gasteiger partial charge in [-0.25, -0.2) is 4.98 Å². The van der Waals surface area contributed by atoms with Crippen LogP contribution in [0, 0.1) is 0 Å². The van der Waals surface area contributed by atoms with Crippen molar-refractivity contribution < 1.29 is 9.47 Å². The maximum Gasteiger partial charge on any atom is 0.215 e. The molecule has 0 aromatic carbocycles. The monoisotopic (exact) mass is 295 g/mol. The van der Waals surface area contributed by atoms with Crippen LogP contribution in [-0.2, 0) is 10.6 Å². The Morgan fingerprint density at radius 1 is 1.30 bits per heavy atom. The molecule has 3 rings (SSSR count). The molecule has 0 aliphatic heterocycles. The van der Waals surface area contributed by atoms with Crippen molar-refractivity contribution in [3.05, 3.63) is 18.0 Å². The van der Waals surface area contributed by atoms with Gasteiger partial charge in [0.25, 0.3) is 0 Å². The molecular weight excluding hydrogens is 278 g/mol. The number of nitrogens with zero attached hydrogens (tertiary/aromatic N) is 3. The summed E-state index contributed by atoms with van der Waals surface area (Å²) in [4.78, 5) is 9.12. The van der Waals surface area contributed by atoms with Crippen LogP contribution < -0.4 is 4.74 Å². The van der Waals surface area contributed by atoms with Crippen LogP contribution >= 0.6 is 11.6 Å². The lowest BCUT2D eigenvalue weighted by Crippen LogP contribution is -2.22. The van der Waals surface area contributed by atoms with Crippen molar-refractivity contribution in [2.24, 2.45) is 0 Å². The van der Waals surface area contributed by atoms with E-state index in [9.17, 15) is 0 Å². The Morgan fingerprint density at radius 2 is 2.15 bits per heavy atom. The van der Waals surface area contributed by atoms with Crippen molar-refractivity contribution in [2.75, 3.05) is 14.2 Å². The molecule has 2 aromatic rings. The topological polar surface area (TPSA) is 49.2 Å². The van der Waals surface area contributed by atoms with Gasteiger partial charge in [0.05, 0.1) is 25.1 Å². The van der Waals surface area contributed by atoms with Gasteiger partial charge in [0.2, 0.25) is 5.88 Å². The number of hydrogen-bond acceptors (Lipinski definition) is 4. The lowest BCUT2D eigenvalue weighted by atomic mass is 10.2. The molecule has 2 heterocycles. The lowest BCUT2D eigenvalue weighted by Gasteiger charge is -2.21. The van der Waals surface area contributed by atoms with Crippen LogP contribution in [0.3, 0.4) is 0 Å². The Balaban J connectivity index is 2.15. The summed E-state index contributed by atoms with van der Waals surface area (Å²) in [5, 5.41) is 0. The zero-order valence-corrected chi connectivity index (χ0v) is 12.4. The largest absolute Gasteiger partial charge is 0.481 e. The summed E-state index contributed by atoms with van der Waals surface area (Å²) in [5.41, 5.74) is 1.68. The first-order valence-corrected chi connectivity index (χ1v) is 7.32. The predicted molar refractivity (Wildman–Crippen MR) is 77.3 cm³/mol. The van der Waals surface area contributed by atoms with Gasteiger partial charge in [-0.1, -0.05) is 0 Å². The summed E-state index contributed by atoms with van der Waals surface area (Å²) in [7, 11) is 3.38. The van der Waals surface area contributed by atoms with Crippen LogP contribution in [0.15, 0.2) is 12.1 Å². The average Bonchev–Trinajstić information content (AvgIpc) is 3.08. The first kappa shape index (κ1) is 13.6. The van der Waals surface area contributed by atoms with E-state index in [4.69, 9.17) is 21.1 Å². The van der Waals surface area contributed by atoms with Crippen LogP contribution in [-0.4, -0.2) is 34.9 Å². The zero-order valence-electron chi connectivity index (χ0n) is 11.7. The normalized spacial score (nSPS) is 22.6. The predicted octanol–water partition coefficient (Wildman–Crippen LogP) is 2.92. The molecule has 5 nitrogen and oxygen atoms in total. The van der Waals surface area contributed by atoms with E-state index in [1.807, 2.05) is 12.1 Å². The second kappa shape index (κ2) is 5.58. The van der Waals surface area contributed by atoms with E-state index in [1.54, 1.807) is 14.2 Å². The van der Waals surface area contributed by atoms with Gasteiger partial charge in [-0.3, -0.25) is 0 Å². The molecule has 2 unspecified atom stereocenters. The van der Waals surface area contributed by atoms with Crippen molar-refractivity contribution >= 4 is 22.8 Å². The SMILES string of the molecule is COc1ccc2nc(CCl)n(C3CCCC3OC)c2n1. The zero-order chi connectivity index (χ0) is 14.1. The summed E-state index contributed by atoms with van der Waals surface area (Å²) in [6, 6.07) is 3.99. The van der Waals surface area contributed by atoms with Gasteiger partial charge in [-0.15, -0.1) is 11.6 Å². The van der Waals surface area contributed by atoms with E-state index in [-0.39, 0.29) is 12.1 Å².